The topological polar surface area (TPSA) is 52.3 Å². The van der Waals surface area contributed by atoms with E-state index in [1.165, 1.54) is 38.6 Å². The van der Waals surface area contributed by atoms with Gasteiger partial charge in [-0.1, -0.05) is 57.5 Å². The maximum atomic E-state index is 12.4. The summed E-state index contributed by atoms with van der Waals surface area (Å²) in [6, 6.07) is 8.85. The Kier molecular flexibility index (Phi) is 5.04. The third-order valence-electron chi connectivity index (χ3n) is 6.84. The Bertz CT molecular complexity index is 1140. The highest BCUT2D eigenvalue weighted by Crippen LogP contribution is 2.40. The van der Waals surface area contributed by atoms with Gasteiger partial charge >= 0.3 is 0 Å². The van der Waals surface area contributed by atoms with Crippen LogP contribution in [0.25, 0.3) is 17.2 Å². The second-order valence-electron chi connectivity index (χ2n) is 11.1. The van der Waals surface area contributed by atoms with Gasteiger partial charge in [-0.15, -0.1) is 0 Å². The van der Waals surface area contributed by atoms with Gasteiger partial charge in [0, 0.05) is 5.56 Å². The predicted molar refractivity (Wildman–Crippen MR) is 136 cm³/mol. The summed E-state index contributed by atoms with van der Waals surface area (Å²) in [5, 5.41) is 2.42. The van der Waals surface area contributed by atoms with E-state index in [0.29, 0.717) is 5.56 Å². The summed E-state index contributed by atoms with van der Waals surface area (Å²) < 4.78 is 6.78. The lowest BCUT2D eigenvalue weighted by molar-refractivity contribution is 0.100. The number of carbonyl (C=O) groups is 1. The Hall–Kier alpha value is -1.96. The van der Waals surface area contributed by atoms with Crippen molar-refractivity contribution in [2.24, 2.45) is 5.73 Å². The van der Waals surface area contributed by atoms with Crippen LogP contribution in [0.5, 0.6) is 0 Å². The van der Waals surface area contributed by atoms with Crippen molar-refractivity contribution < 1.29 is 8.91 Å². The molecular formula is C26H35NO2Si2. The number of hydrogen-bond acceptors (Lipinski definition) is 2. The molecule has 1 amide bonds. The summed E-state index contributed by atoms with van der Waals surface area (Å²) in [6.45, 7) is 18.0. The molecule has 0 saturated heterocycles. The maximum Gasteiger partial charge on any atom is 0.248 e. The van der Waals surface area contributed by atoms with Gasteiger partial charge in [0.15, 0.2) is 0 Å². The molecule has 1 aliphatic carbocycles. The Labute approximate surface area is 189 Å². The highest BCUT2D eigenvalue weighted by atomic mass is 28.4. The molecule has 2 aromatic rings. The number of primary amides is 1. The lowest BCUT2D eigenvalue weighted by Gasteiger charge is -2.25. The third-order valence-corrected chi connectivity index (χ3v) is 14.6. The molecule has 0 bridgehead atoms. The van der Waals surface area contributed by atoms with Gasteiger partial charge in [0.05, 0.1) is 0 Å². The number of allylic oxidation sites excluding steroid dienone is 1. The number of nitrogens with two attached hydrogens (primary N) is 1. The van der Waals surface area contributed by atoms with Crippen LogP contribution in [0.3, 0.4) is 0 Å². The van der Waals surface area contributed by atoms with Gasteiger partial charge in [-0.05, 0) is 88.7 Å². The number of carbonyl (C=O) groups excluding carboxylic acids is 1. The van der Waals surface area contributed by atoms with E-state index in [0.717, 1.165) is 18.0 Å². The predicted octanol–water partition coefficient (Wildman–Crippen LogP) is 4.95. The lowest BCUT2D eigenvalue weighted by atomic mass is 9.82. The summed E-state index contributed by atoms with van der Waals surface area (Å²) in [5.41, 5.74) is 14.7. The molecule has 0 aromatic heterocycles. The molecule has 31 heavy (non-hydrogen) atoms. The summed E-state index contributed by atoms with van der Waals surface area (Å²) in [4.78, 5) is 12.4. The second kappa shape index (κ2) is 7.02. The third kappa shape index (κ3) is 3.57. The lowest BCUT2D eigenvalue weighted by Crippen LogP contribution is -2.49. The van der Waals surface area contributed by atoms with Gasteiger partial charge in [0.1, 0.15) is 0 Å². The number of fused-ring (bicyclic) bond motifs is 2. The molecule has 3 nitrogen and oxygen atoms in total. The van der Waals surface area contributed by atoms with Crippen LogP contribution in [0.4, 0.5) is 0 Å². The second-order valence-corrected chi connectivity index (χ2v) is 18.9. The van der Waals surface area contributed by atoms with Crippen LogP contribution >= 0.6 is 0 Å². The van der Waals surface area contributed by atoms with E-state index in [1.807, 2.05) is 6.07 Å². The molecule has 2 aliphatic rings. The van der Waals surface area contributed by atoms with E-state index in [2.05, 4.69) is 78.2 Å². The normalized spacial score (nSPS) is 18.5. The fourth-order valence-corrected chi connectivity index (χ4v) is 16.4. The van der Waals surface area contributed by atoms with Crippen molar-refractivity contribution >= 4 is 39.0 Å². The molecule has 0 radical (unpaired) electrons. The van der Waals surface area contributed by atoms with Crippen molar-refractivity contribution in [3.05, 3.63) is 52.1 Å². The fourth-order valence-electron chi connectivity index (χ4n) is 5.44. The molecular weight excluding hydrogens is 414 g/mol. The molecule has 0 fully saturated rings. The van der Waals surface area contributed by atoms with Crippen molar-refractivity contribution in [3.63, 3.8) is 0 Å². The average molecular weight is 450 g/mol. The molecule has 4 rings (SSSR count). The Morgan fingerprint density at radius 3 is 2.26 bits per heavy atom. The maximum absolute atomic E-state index is 12.4. The standard InChI is InChI=1S/C26H35NO2Si2/c1-9-16-12-17-14-18(26(2,3)4)15-22(21(17)13-16)19-10-11-20(25(27)28)24-23(19)30(5,6)29-31(24,7)8/h10-12,14-15H,9,13H2,1-8H3,(H2,27,28). The first-order valence-corrected chi connectivity index (χ1v) is 17.1. The molecule has 0 saturated carbocycles. The van der Waals surface area contributed by atoms with Gasteiger partial charge in [0.25, 0.3) is 0 Å². The van der Waals surface area contributed by atoms with Gasteiger partial charge in [-0.3, -0.25) is 4.79 Å². The first-order valence-electron chi connectivity index (χ1n) is 11.3. The van der Waals surface area contributed by atoms with Crippen LogP contribution in [0.2, 0.25) is 26.2 Å². The molecule has 2 N–H and O–H groups in total. The zero-order valence-electron chi connectivity index (χ0n) is 20.2. The molecule has 0 unspecified atom stereocenters. The van der Waals surface area contributed by atoms with Gasteiger partial charge in [0.2, 0.25) is 22.5 Å². The van der Waals surface area contributed by atoms with Crippen molar-refractivity contribution in [2.45, 2.75) is 72.1 Å². The zero-order valence-corrected chi connectivity index (χ0v) is 22.2. The number of benzene rings is 2. The van der Waals surface area contributed by atoms with Crippen LogP contribution in [-0.4, -0.2) is 22.5 Å². The van der Waals surface area contributed by atoms with E-state index in [4.69, 9.17) is 9.85 Å². The molecule has 2 aromatic carbocycles. The molecule has 5 heteroatoms. The first kappa shape index (κ1) is 22.2. The van der Waals surface area contributed by atoms with Crippen molar-refractivity contribution in [1.29, 1.82) is 0 Å². The van der Waals surface area contributed by atoms with Gasteiger partial charge < -0.3 is 9.85 Å². The first-order chi connectivity index (χ1) is 14.3. The van der Waals surface area contributed by atoms with Gasteiger partial charge in [-0.25, -0.2) is 0 Å². The van der Waals surface area contributed by atoms with Crippen LogP contribution in [0.1, 0.15) is 61.2 Å². The van der Waals surface area contributed by atoms with Crippen molar-refractivity contribution in [1.82, 2.24) is 0 Å². The number of hydrogen-bond donors (Lipinski definition) is 1. The number of amides is 1. The SMILES string of the molecule is CCC1=Cc2cc(C(C)(C)C)cc(-c3ccc(C(N)=O)c4c3[Si](C)(C)O[Si]4(C)C)c2C1. The highest BCUT2D eigenvalue weighted by molar-refractivity contribution is 7.06. The minimum Gasteiger partial charge on any atom is -0.449 e. The van der Waals surface area contributed by atoms with Gasteiger partial charge in [-0.2, -0.15) is 0 Å². The molecule has 164 valence electrons. The van der Waals surface area contributed by atoms with Crippen molar-refractivity contribution in [2.75, 3.05) is 0 Å². The smallest absolute Gasteiger partial charge is 0.248 e. The average Bonchev–Trinajstić information content (AvgIpc) is 3.15. The van der Waals surface area contributed by atoms with E-state index in [9.17, 15) is 4.79 Å². The van der Waals surface area contributed by atoms with E-state index in [1.54, 1.807) is 0 Å². The largest absolute Gasteiger partial charge is 0.449 e. The molecule has 0 atom stereocenters. The number of rotatable bonds is 3. The zero-order chi connectivity index (χ0) is 22.9. The summed E-state index contributed by atoms with van der Waals surface area (Å²) in [5.74, 6) is -0.345. The van der Waals surface area contributed by atoms with Crippen LogP contribution in [0.15, 0.2) is 29.8 Å². The monoisotopic (exact) mass is 449 g/mol. The van der Waals surface area contributed by atoms with Crippen LogP contribution in [-0.2, 0) is 16.0 Å². The molecule has 1 heterocycles. The van der Waals surface area contributed by atoms with Crippen molar-refractivity contribution in [3.8, 4) is 11.1 Å². The molecule has 0 spiro atoms. The Balaban J connectivity index is 2.07. The van der Waals surface area contributed by atoms with E-state index in [-0.39, 0.29) is 11.3 Å². The van der Waals surface area contributed by atoms with E-state index >= 15 is 0 Å². The fraction of sp³-hybridized carbons (Fsp3) is 0.423. The quantitative estimate of drug-likeness (QED) is 0.674. The minimum atomic E-state index is -2.22. The summed E-state index contributed by atoms with van der Waals surface area (Å²) in [7, 11) is -4.40. The molecule has 1 aliphatic heterocycles. The van der Waals surface area contributed by atoms with E-state index < -0.39 is 16.6 Å². The Morgan fingerprint density at radius 1 is 1.03 bits per heavy atom. The summed E-state index contributed by atoms with van der Waals surface area (Å²) in [6.07, 6.45) is 4.45. The minimum absolute atomic E-state index is 0.0559. The van der Waals surface area contributed by atoms with Crippen LogP contribution in [0, 0.1) is 0 Å². The van der Waals surface area contributed by atoms with Crippen LogP contribution < -0.4 is 16.1 Å². The summed E-state index contributed by atoms with van der Waals surface area (Å²) >= 11 is 0. The Morgan fingerprint density at radius 2 is 1.68 bits per heavy atom. The highest BCUT2D eigenvalue weighted by Gasteiger charge is 2.50.